The molecule has 21 heavy (non-hydrogen) atoms. The zero-order valence-corrected chi connectivity index (χ0v) is 16.7. The summed E-state index contributed by atoms with van der Waals surface area (Å²) in [5, 5.41) is 0. The quantitative estimate of drug-likeness (QED) is 0.432. The Hall–Kier alpha value is -0.0757. The van der Waals surface area contributed by atoms with Crippen molar-refractivity contribution in [3.63, 3.8) is 0 Å². The van der Waals surface area contributed by atoms with Crippen LogP contribution in [0, 0.1) is 40.8 Å². The number of nitrogens with one attached hydrogen (secondary N) is 1. The normalized spacial score (nSPS) is 14.3. The average Bonchev–Trinajstić information content (AvgIpc) is 2.75. The number of hydrogen-bond acceptors (Lipinski definition) is 0. The fourth-order valence-corrected chi connectivity index (χ4v) is 2.80. The van der Waals surface area contributed by atoms with E-state index in [4.69, 9.17) is 0 Å². The maximum absolute atomic E-state index is 2.94. The molecule has 1 unspecified atom stereocenters. The predicted molar refractivity (Wildman–Crippen MR) is 77.5 cm³/mol. The van der Waals surface area contributed by atoms with E-state index in [1.165, 1.54) is 23.1 Å². The minimum Gasteiger partial charge on any atom is -1.00 e. The molecular weight excluding hydrogens is 337 g/mol. The Kier molecular flexibility index (Phi) is 10.1. The Balaban J connectivity index is 0. The fraction of sp³-hybridized carbons (Fsp3) is 0.471. The zero-order chi connectivity index (χ0) is 13.4. The SMILES string of the molecule is Cc1[c-][nH]cc1C.Cc1c(C)c2[c-](c1C)C(C)C2.[Cl-].[Cl-].[Ti+4]. The van der Waals surface area contributed by atoms with E-state index in [0.717, 1.165) is 5.92 Å². The van der Waals surface area contributed by atoms with E-state index >= 15 is 0 Å². The Morgan fingerprint density at radius 1 is 1.10 bits per heavy atom. The summed E-state index contributed by atoms with van der Waals surface area (Å²) >= 11 is 0. The molecule has 1 aromatic heterocycles. The van der Waals surface area contributed by atoms with E-state index in [1.807, 2.05) is 13.1 Å². The van der Waals surface area contributed by atoms with E-state index in [9.17, 15) is 0 Å². The molecule has 2 aromatic rings. The van der Waals surface area contributed by atoms with Gasteiger partial charge in [0.1, 0.15) is 0 Å². The Morgan fingerprint density at radius 3 is 1.90 bits per heavy atom. The van der Waals surface area contributed by atoms with Gasteiger partial charge in [-0.05, 0) is 0 Å². The van der Waals surface area contributed by atoms with Gasteiger partial charge in [0.15, 0.2) is 0 Å². The minimum absolute atomic E-state index is 0. The first kappa shape index (κ1) is 23.2. The molecular formula is C17H23Cl2NTi. The average molecular weight is 360 g/mol. The molecule has 3 rings (SSSR count). The maximum atomic E-state index is 2.94. The third-order valence-electron chi connectivity index (χ3n) is 4.45. The molecule has 0 amide bonds. The molecule has 0 saturated heterocycles. The number of hydrogen-bond donors (Lipinski definition) is 1. The number of aromatic amines is 1. The smallest absolute Gasteiger partial charge is 1.00 e. The van der Waals surface area contributed by atoms with E-state index in [0.29, 0.717) is 0 Å². The second-order valence-corrected chi connectivity index (χ2v) is 5.59. The molecule has 1 aliphatic carbocycles. The van der Waals surface area contributed by atoms with Crippen LogP contribution in [-0.4, -0.2) is 4.98 Å². The van der Waals surface area contributed by atoms with E-state index in [-0.39, 0.29) is 46.5 Å². The largest absolute Gasteiger partial charge is 4.00 e. The van der Waals surface area contributed by atoms with Crippen LogP contribution in [0.3, 0.4) is 0 Å². The molecule has 1 aromatic carbocycles. The van der Waals surface area contributed by atoms with Crippen LogP contribution in [0.5, 0.6) is 0 Å². The number of halogens is 2. The molecule has 0 radical (unpaired) electrons. The van der Waals surface area contributed by atoms with Crippen LogP contribution in [0.25, 0.3) is 0 Å². The van der Waals surface area contributed by atoms with Crippen molar-refractivity contribution >= 4 is 0 Å². The number of fused-ring (bicyclic) bond motifs is 1. The van der Waals surface area contributed by atoms with Crippen molar-refractivity contribution in [1.82, 2.24) is 4.98 Å². The summed E-state index contributed by atoms with van der Waals surface area (Å²) in [4.78, 5) is 2.87. The second-order valence-electron chi connectivity index (χ2n) is 5.59. The van der Waals surface area contributed by atoms with Crippen molar-refractivity contribution in [2.75, 3.05) is 0 Å². The first-order valence-corrected chi connectivity index (χ1v) is 6.71. The minimum atomic E-state index is 0. The molecule has 1 atom stereocenters. The van der Waals surface area contributed by atoms with Gasteiger partial charge in [-0.25, -0.2) is 0 Å². The summed E-state index contributed by atoms with van der Waals surface area (Å²) in [7, 11) is 0. The van der Waals surface area contributed by atoms with Crippen LogP contribution in [0.2, 0.25) is 0 Å². The van der Waals surface area contributed by atoms with Crippen LogP contribution >= 0.6 is 0 Å². The molecule has 114 valence electrons. The first-order valence-electron chi connectivity index (χ1n) is 6.71. The molecule has 4 heteroatoms. The Morgan fingerprint density at radius 2 is 1.67 bits per heavy atom. The summed E-state index contributed by atoms with van der Waals surface area (Å²) in [6.45, 7) is 13.2. The summed E-state index contributed by atoms with van der Waals surface area (Å²) < 4.78 is 0. The van der Waals surface area contributed by atoms with Gasteiger partial charge in [-0.3, -0.25) is 0 Å². The van der Waals surface area contributed by atoms with Crippen molar-refractivity contribution in [1.29, 1.82) is 0 Å². The van der Waals surface area contributed by atoms with Crippen molar-refractivity contribution in [3.05, 3.63) is 51.3 Å². The molecule has 1 aliphatic rings. The maximum Gasteiger partial charge on any atom is 4.00 e. The molecule has 1 N–H and O–H groups in total. The van der Waals surface area contributed by atoms with Gasteiger partial charge in [0, 0.05) is 0 Å². The van der Waals surface area contributed by atoms with Crippen molar-refractivity contribution in [2.24, 2.45) is 0 Å². The van der Waals surface area contributed by atoms with Crippen LogP contribution in [-0.2, 0) is 28.1 Å². The third-order valence-corrected chi connectivity index (χ3v) is 4.45. The summed E-state index contributed by atoms with van der Waals surface area (Å²) in [6, 6.07) is 0. The summed E-state index contributed by atoms with van der Waals surface area (Å²) in [6.07, 6.45) is 6.20. The van der Waals surface area contributed by atoms with Gasteiger partial charge in [-0.15, -0.1) is 18.0 Å². The van der Waals surface area contributed by atoms with E-state index < -0.39 is 0 Å². The van der Waals surface area contributed by atoms with Gasteiger partial charge in [0.25, 0.3) is 0 Å². The van der Waals surface area contributed by atoms with Crippen molar-refractivity contribution in [2.45, 2.75) is 53.9 Å². The molecule has 0 bridgehead atoms. The van der Waals surface area contributed by atoms with Gasteiger partial charge in [-0.1, -0.05) is 53.9 Å². The molecule has 1 nitrogen and oxygen atoms in total. The van der Waals surface area contributed by atoms with Gasteiger partial charge in [0.2, 0.25) is 0 Å². The summed E-state index contributed by atoms with van der Waals surface area (Å²) in [5.41, 5.74) is 10.4. The van der Waals surface area contributed by atoms with Gasteiger partial charge < -0.3 is 29.8 Å². The molecule has 0 saturated carbocycles. The summed E-state index contributed by atoms with van der Waals surface area (Å²) in [5.74, 6) is 0.831. The third kappa shape index (κ3) is 4.45. The predicted octanol–water partition coefficient (Wildman–Crippen LogP) is -1.57. The Bertz CT molecular complexity index is 534. The van der Waals surface area contributed by atoms with Crippen LogP contribution in [0.4, 0.5) is 0 Å². The van der Waals surface area contributed by atoms with Gasteiger partial charge in [-0.2, -0.15) is 33.4 Å². The zero-order valence-electron chi connectivity index (χ0n) is 13.6. The topological polar surface area (TPSA) is 15.8 Å². The first-order chi connectivity index (χ1) is 8.43. The van der Waals surface area contributed by atoms with Crippen molar-refractivity contribution < 1.29 is 46.5 Å². The van der Waals surface area contributed by atoms with Crippen molar-refractivity contribution in [3.8, 4) is 0 Å². The monoisotopic (exact) mass is 359 g/mol. The van der Waals surface area contributed by atoms with Gasteiger partial charge in [0.05, 0.1) is 0 Å². The molecule has 1 heterocycles. The Labute approximate surface area is 156 Å². The van der Waals surface area contributed by atoms with Crippen LogP contribution < -0.4 is 24.8 Å². The second kappa shape index (κ2) is 9.15. The fourth-order valence-electron chi connectivity index (χ4n) is 2.80. The van der Waals surface area contributed by atoms with E-state index in [2.05, 4.69) is 45.8 Å². The standard InChI is InChI=1S/C11H15.C6H8N.2ClH.Ti/c1-6-5-10-8(3)7(2)9(4)11(6)10;1-5-3-7-4-6(5)2;;;/h6H,5H2,1-4H3;3,7H,1-2H3;2*1H;/q2*-1;;;+4/p-2. The number of H-pyrrole nitrogens is 1. The molecule has 0 aliphatic heterocycles. The number of aromatic nitrogens is 1. The number of aryl methyl sites for hydroxylation is 2. The molecule has 0 fully saturated rings. The van der Waals surface area contributed by atoms with Crippen LogP contribution in [0.15, 0.2) is 6.20 Å². The molecule has 0 spiro atoms. The van der Waals surface area contributed by atoms with Gasteiger partial charge >= 0.3 is 21.7 Å². The van der Waals surface area contributed by atoms with Crippen LogP contribution in [0.1, 0.15) is 51.8 Å². The van der Waals surface area contributed by atoms with E-state index in [1.54, 1.807) is 22.3 Å². The number of rotatable bonds is 0.